The Kier molecular flexibility index (Phi) is 9.79. The van der Waals surface area contributed by atoms with Crippen LogP contribution in [-0.2, 0) is 24.4 Å². The van der Waals surface area contributed by atoms with E-state index in [2.05, 4.69) is 6.92 Å². The number of imide groups is 1. The molecule has 35 heavy (non-hydrogen) atoms. The van der Waals surface area contributed by atoms with Gasteiger partial charge in [-0.15, -0.1) is 0 Å². The summed E-state index contributed by atoms with van der Waals surface area (Å²) in [5.41, 5.74) is -0.458. The maximum atomic E-state index is 13.4. The van der Waals surface area contributed by atoms with Gasteiger partial charge in [-0.2, -0.15) is 0 Å². The molecule has 186 valence electrons. The molecule has 3 aliphatic heterocycles. The first-order valence-electron chi connectivity index (χ1n) is 12.6. The zero-order valence-corrected chi connectivity index (χ0v) is 23.6. The van der Waals surface area contributed by atoms with E-state index in [1.807, 2.05) is 12.2 Å². The van der Waals surface area contributed by atoms with E-state index >= 15 is 0 Å². The number of ether oxygens (including phenoxy) is 1. The molecule has 3 aliphatic rings. The molecular formula is C26H34NNaO6S. The molecule has 2 amide bonds. The van der Waals surface area contributed by atoms with Gasteiger partial charge in [0, 0.05) is 0 Å². The first kappa shape index (κ1) is 28.5. The van der Waals surface area contributed by atoms with Gasteiger partial charge in [-0.25, -0.2) is 13.3 Å². The third kappa shape index (κ3) is 5.94. The molecule has 0 aromatic heterocycles. The Morgan fingerprint density at radius 3 is 2.06 bits per heavy atom. The van der Waals surface area contributed by atoms with Gasteiger partial charge in [-0.1, -0.05) is 83.3 Å². The monoisotopic (exact) mass is 511 g/mol. The molecule has 0 radical (unpaired) electrons. The van der Waals surface area contributed by atoms with Gasteiger partial charge >= 0.3 is 29.6 Å². The number of carbonyl (C=O) groups is 2. The molecule has 2 unspecified atom stereocenters. The molecular weight excluding hydrogens is 477 g/mol. The van der Waals surface area contributed by atoms with Crippen LogP contribution in [0, 0.1) is 11.8 Å². The Balaban J connectivity index is 0.00000342. The number of carbonyl (C=O) groups excluding carboxylic acids is 2. The molecule has 4 atom stereocenters. The second kappa shape index (κ2) is 12.0. The van der Waals surface area contributed by atoms with Gasteiger partial charge in [0.15, 0.2) is 0 Å². The normalized spacial score (nSPS) is 26.9. The standard InChI is InChI=1S/C26H35NO6S.Na/c1-2-3-4-5-6-7-8-9-10-11-17-26-18-16-21(33-26)22-23(26)25(29)27(24(22)28)19-12-14-20(15-13-19)34(30,31)32;/h12-16,18,21-23H,2-11,17H2,1H3,(H,30,31,32);/q;+1/p-1/t21-,22?,23?,26+;/m0./s1. The van der Waals surface area contributed by atoms with Crippen LogP contribution in [0.15, 0.2) is 41.3 Å². The SMILES string of the molecule is CCCCCCCCCCCC[C@]12C=C[C@H](O1)C1C(=O)N(c3ccc(S(=O)(=O)[O-])cc3)C(=O)C12.[Na+]. The van der Waals surface area contributed by atoms with Crippen molar-refractivity contribution in [3.05, 3.63) is 36.4 Å². The van der Waals surface area contributed by atoms with Gasteiger partial charge in [-0.3, -0.25) is 9.59 Å². The number of hydrogen-bond donors (Lipinski definition) is 0. The van der Waals surface area contributed by atoms with E-state index in [1.165, 1.54) is 63.5 Å². The van der Waals surface area contributed by atoms with Crippen LogP contribution in [-0.4, -0.2) is 36.5 Å². The zero-order valence-electron chi connectivity index (χ0n) is 20.8. The Morgan fingerprint density at radius 2 is 1.49 bits per heavy atom. The number of anilines is 1. The fourth-order valence-corrected chi connectivity index (χ4v) is 6.17. The Morgan fingerprint density at radius 1 is 0.914 bits per heavy atom. The zero-order chi connectivity index (χ0) is 24.3. The molecule has 9 heteroatoms. The second-order valence-electron chi connectivity index (χ2n) is 9.79. The van der Waals surface area contributed by atoms with E-state index in [0.717, 1.165) is 29.9 Å². The molecule has 1 aromatic rings. The number of benzene rings is 1. The molecule has 0 aliphatic carbocycles. The van der Waals surface area contributed by atoms with Crippen molar-refractivity contribution in [2.24, 2.45) is 11.8 Å². The Labute approximate surface area is 230 Å². The average Bonchev–Trinajstić information content (AvgIpc) is 3.44. The predicted octanol–water partition coefficient (Wildman–Crippen LogP) is 1.72. The van der Waals surface area contributed by atoms with Crippen molar-refractivity contribution in [1.82, 2.24) is 0 Å². The van der Waals surface area contributed by atoms with Crippen LogP contribution in [0.5, 0.6) is 0 Å². The Hall–Kier alpha value is -1.03. The van der Waals surface area contributed by atoms with E-state index in [9.17, 15) is 22.6 Å². The van der Waals surface area contributed by atoms with Gasteiger partial charge < -0.3 is 9.29 Å². The Bertz CT molecular complexity index is 1040. The number of hydrogen-bond acceptors (Lipinski definition) is 6. The van der Waals surface area contributed by atoms with Gasteiger partial charge in [-0.05, 0) is 30.7 Å². The number of unbranched alkanes of at least 4 members (excludes halogenated alkanes) is 9. The van der Waals surface area contributed by atoms with Crippen LogP contribution >= 0.6 is 0 Å². The smallest absolute Gasteiger partial charge is 0.744 e. The molecule has 1 aromatic carbocycles. The maximum Gasteiger partial charge on any atom is 1.00 e. The van der Waals surface area contributed by atoms with Crippen molar-refractivity contribution in [3.8, 4) is 0 Å². The maximum absolute atomic E-state index is 13.4. The van der Waals surface area contributed by atoms with E-state index in [4.69, 9.17) is 4.74 Å². The molecule has 0 saturated carbocycles. The second-order valence-corrected chi connectivity index (χ2v) is 11.2. The summed E-state index contributed by atoms with van der Waals surface area (Å²) in [5.74, 6) is -1.75. The minimum absolute atomic E-state index is 0. The van der Waals surface area contributed by atoms with Gasteiger partial charge in [0.05, 0.1) is 34.1 Å². The summed E-state index contributed by atoms with van der Waals surface area (Å²) >= 11 is 0. The fraction of sp³-hybridized carbons (Fsp3) is 0.615. The first-order valence-corrected chi connectivity index (χ1v) is 14.0. The van der Waals surface area contributed by atoms with Gasteiger partial charge in [0.1, 0.15) is 10.1 Å². The van der Waals surface area contributed by atoms with Gasteiger partial charge in [0.2, 0.25) is 11.8 Å². The molecule has 2 bridgehead atoms. The number of amides is 2. The summed E-state index contributed by atoms with van der Waals surface area (Å²) in [6.45, 7) is 2.23. The average molecular weight is 512 g/mol. The molecule has 0 spiro atoms. The minimum atomic E-state index is -4.60. The summed E-state index contributed by atoms with van der Waals surface area (Å²) in [7, 11) is -4.60. The van der Waals surface area contributed by atoms with Crippen LogP contribution in [0.25, 0.3) is 0 Å². The van der Waals surface area contributed by atoms with Crippen molar-refractivity contribution < 1.29 is 56.9 Å². The number of rotatable bonds is 13. The molecule has 4 rings (SSSR count). The first-order chi connectivity index (χ1) is 16.3. The van der Waals surface area contributed by atoms with Crippen molar-refractivity contribution in [2.45, 2.75) is 94.2 Å². The summed E-state index contributed by atoms with van der Waals surface area (Å²) < 4.78 is 39.8. The molecule has 2 saturated heterocycles. The summed E-state index contributed by atoms with van der Waals surface area (Å²) in [6, 6.07) is 4.95. The number of nitrogens with zero attached hydrogens (tertiary/aromatic N) is 1. The van der Waals surface area contributed by atoms with Crippen molar-refractivity contribution in [1.29, 1.82) is 0 Å². The van der Waals surface area contributed by atoms with Crippen LogP contribution in [0.4, 0.5) is 5.69 Å². The minimum Gasteiger partial charge on any atom is -0.744 e. The predicted molar refractivity (Wildman–Crippen MR) is 127 cm³/mol. The van der Waals surface area contributed by atoms with E-state index < -0.39 is 38.6 Å². The number of fused-ring (bicyclic) bond motifs is 5. The molecule has 3 heterocycles. The summed E-state index contributed by atoms with van der Waals surface area (Å²) in [4.78, 5) is 27.3. The van der Waals surface area contributed by atoms with Crippen LogP contribution in [0.3, 0.4) is 0 Å². The van der Waals surface area contributed by atoms with Crippen molar-refractivity contribution >= 4 is 27.6 Å². The van der Waals surface area contributed by atoms with E-state index in [0.29, 0.717) is 6.42 Å². The third-order valence-corrected chi connectivity index (χ3v) is 8.31. The largest absolute Gasteiger partial charge is 1.00 e. The molecule has 2 fully saturated rings. The third-order valence-electron chi connectivity index (χ3n) is 7.46. The molecule has 0 N–H and O–H groups in total. The quantitative estimate of drug-likeness (QED) is 0.131. The van der Waals surface area contributed by atoms with Crippen molar-refractivity contribution in [3.63, 3.8) is 0 Å². The molecule has 7 nitrogen and oxygen atoms in total. The van der Waals surface area contributed by atoms with Gasteiger partial charge in [0.25, 0.3) is 0 Å². The van der Waals surface area contributed by atoms with Crippen LogP contribution in [0.1, 0.15) is 77.6 Å². The van der Waals surface area contributed by atoms with Crippen molar-refractivity contribution in [2.75, 3.05) is 4.90 Å². The fourth-order valence-electron chi connectivity index (χ4n) is 5.70. The van der Waals surface area contributed by atoms with Crippen LogP contribution in [0.2, 0.25) is 0 Å². The summed E-state index contributed by atoms with van der Waals surface area (Å²) in [6.07, 6.45) is 16.4. The van der Waals surface area contributed by atoms with Crippen LogP contribution < -0.4 is 34.5 Å². The summed E-state index contributed by atoms with van der Waals surface area (Å²) in [5, 5.41) is 0. The van der Waals surface area contributed by atoms with E-state index in [1.54, 1.807) is 0 Å². The van der Waals surface area contributed by atoms with E-state index in [-0.39, 0.29) is 47.1 Å². The topological polar surface area (TPSA) is 104 Å².